The fraction of sp³-hybridized carbons (Fsp3) is 0. The van der Waals surface area contributed by atoms with Gasteiger partial charge in [-0.15, -0.1) is 22.7 Å². The van der Waals surface area contributed by atoms with Crippen molar-refractivity contribution in [2.75, 3.05) is 0 Å². The van der Waals surface area contributed by atoms with Crippen LogP contribution in [0.15, 0.2) is 356 Å². The second-order valence-electron chi connectivity index (χ2n) is 27.2. The van der Waals surface area contributed by atoms with Crippen LogP contribution in [0.1, 0.15) is 0 Å². The van der Waals surface area contributed by atoms with Crippen molar-refractivity contribution in [3.05, 3.63) is 352 Å². The topological polar surface area (TPSA) is 90.5 Å². The maximum Gasteiger partial charge on any atom is 0.143 e. The Morgan fingerprint density at radius 1 is 0.187 bits per heavy atom. The Labute approximate surface area is 621 Å². The lowest BCUT2D eigenvalue weighted by atomic mass is 9.99. The van der Waals surface area contributed by atoms with Crippen molar-refractivity contribution in [2.45, 2.75) is 0 Å². The molecule has 0 unspecified atom stereocenters. The van der Waals surface area contributed by atoms with Crippen LogP contribution in [0.2, 0.25) is 0 Å². The number of aromatic nitrogens is 6. The van der Waals surface area contributed by atoms with Gasteiger partial charge >= 0.3 is 0 Å². The Kier molecular flexibility index (Phi) is 14.8. The van der Waals surface area contributed by atoms with E-state index >= 15 is 0 Å². The highest BCUT2D eigenvalue weighted by Gasteiger charge is 2.21. The van der Waals surface area contributed by atoms with E-state index in [1.165, 1.54) is 67.3 Å². The molecule has 6 heterocycles. The van der Waals surface area contributed by atoms with E-state index in [0.29, 0.717) is 0 Å². The molecule has 0 radical (unpaired) electrons. The van der Waals surface area contributed by atoms with Gasteiger partial charge in [-0.1, -0.05) is 255 Å². The van der Waals surface area contributed by atoms with Crippen LogP contribution < -0.4 is 0 Å². The van der Waals surface area contributed by atoms with Crippen molar-refractivity contribution >= 4 is 172 Å². The number of furan rings is 1. The molecule has 498 valence electrons. The van der Waals surface area contributed by atoms with Crippen LogP contribution in [-0.4, -0.2) is 29.9 Å². The van der Waals surface area contributed by atoms with Crippen molar-refractivity contribution < 1.29 is 4.42 Å². The lowest BCUT2D eigenvalue weighted by Crippen LogP contribution is -1.96. The van der Waals surface area contributed by atoms with E-state index in [1.807, 2.05) is 89.4 Å². The fourth-order valence-corrected chi connectivity index (χ4v) is 17.7. The molecule has 0 aliphatic rings. The van der Waals surface area contributed by atoms with Crippen LogP contribution in [0.5, 0.6) is 0 Å². The lowest BCUT2D eigenvalue weighted by molar-refractivity contribution is 0.672. The molecule has 0 aliphatic heterocycles. The highest BCUT2D eigenvalue weighted by atomic mass is 32.1. The van der Waals surface area contributed by atoms with Crippen molar-refractivity contribution in [3.63, 3.8) is 0 Å². The standard InChI is InChI=1S/C34H20N2O.C34H20N2S.C30H18N2S/c1-2-9-22(10-3-1)31-32(36-33-25-11-5-4-8-21(25)16-19-29(33)35-31)24-15-17-26-23(20-24)14-18-28-27-12-6-7-13-30(27)37-34(26)28;1-2-9-22(10-3-1)32-33(35-29-17-16-21-8-4-5-11-26(21)34(29)36-32)24-15-14-23-20-31-28(19-25(23)18-24)27-12-6-7-13-30(27)37-31;1-2-8-19(9-3-1)29-30(32-26-12-6-5-11-25(26)31-29)21-15-14-20-18-28-24(17-22(20)16-21)23-10-4-7-13-27(23)33-28/h2*1-20H;1-18H. The van der Waals surface area contributed by atoms with E-state index in [0.717, 1.165) is 150 Å². The molecule has 23 rings (SSSR count). The van der Waals surface area contributed by atoms with E-state index in [2.05, 4.69) is 285 Å². The molecule has 23 aromatic rings. The first-order valence-corrected chi connectivity index (χ1v) is 37.5. The van der Waals surface area contributed by atoms with Crippen molar-refractivity contribution in [1.29, 1.82) is 0 Å². The molecule has 0 saturated carbocycles. The van der Waals surface area contributed by atoms with E-state index in [1.54, 1.807) is 0 Å². The summed E-state index contributed by atoms with van der Waals surface area (Å²) in [6.45, 7) is 0. The Morgan fingerprint density at radius 2 is 0.551 bits per heavy atom. The summed E-state index contributed by atoms with van der Waals surface area (Å²) in [5.74, 6) is 0. The number of hydrogen-bond acceptors (Lipinski definition) is 9. The summed E-state index contributed by atoms with van der Waals surface area (Å²) in [7, 11) is 0. The first-order valence-electron chi connectivity index (χ1n) is 35.9. The molecule has 9 heteroatoms. The fourth-order valence-electron chi connectivity index (χ4n) is 15.5. The zero-order chi connectivity index (χ0) is 70.5. The Morgan fingerprint density at radius 3 is 1.07 bits per heavy atom. The smallest absolute Gasteiger partial charge is 0.143 e. The van der Waals surface area contributed by atoms with Crippen molar-refractivity contribution in [2.24, 2.45) is 0 Å². The van der Waals surface area contributed by atoms with E-state index < -0.39 is 0 Å². The SMILES string of the molecule is c1ccc(-c2nc3c(ccc4ccccc43)nc2-c2ccc3cc4sc5ccccc5c4cc3c2)cc1.c1ccc(-c2nc3ccc4ccccc4c3nc2-c2ccc3c(ccc4c5ccccc5oc34)c2)cc1.c1ccc(-c2nc3ccccc3nc2-c2ccc3cc4sc5ccccc5c4cc3c2)cc1. The van der Waals surface area contributed by atoms with Crippen molar-refractivity contribution in [3.8, 4) is 67.5 Å². The monoisotopic (exact) mass is 1400 g/mol. The number of nitrogens with zero attached hydrogens (tertiary/aromatic N) is 6. The van der Waals surface area contributed by atoms with E-state index in [-0.39, 0.29) is 0 Å². The minimum atomic E-state index is 0.877. The summed E-state index contributed by atoms with van der Waals surface area (Å²) in [6.07, 6.45) is 0. The molecule has 0 bridgehead atoms. The molecule has 0 saturated heterocycles. The highest BCUT2D eigenvalue weighted by Crippen LogP contribution is 2.44. The number of rotatable bonds is 6. The molecule has 0 aliphatic carbocycles. The first kappa shape index (κ1) is 61.9. The van der Waals surface area contributed by atoms with Gasteiger partial charge in [-0.25, -0.2) is 29.9 Å². The minimum absolute atomic E-state index is 0.877. The zero-order valence-corrected chi connectivity index (χ0v) is 59.0. The molecular formula is C98H58N6OS2. The van der Waals surface area contributed by atoms with Gasteiger partial charge in [-0.2, -0.15) is 0 Å². The quantitative estimate of drug-likeness (QED) is 0.153. The maximum atomic E-state index is 6.28. The largest absolute Gasteiger partial charge is 0.455 e. The maximum absolute atomic E-state index is 6.28. The third-order valence-electron chi connectivity index (χ3n) is 20.7. The van der Waals surface area contributed by atoms with Gasteiger partial charge in [0.15, 0.2) is 0 Å². The lowest BCUT2D eigenvalue weighted by Gasteiger charge is -2.13. The summed E-state index contributed by atoms with van der Waals surface area (Å²) in [5.41, 5.74) is 19.1. The van der Waals surface area contributed by atoms with Gasteiger partial charge < -0.3 is 4.42 Å². The Bertz CT molecular complexity index is 7520. The van der Waals surface area contributed by atoms with Crippen molar-refractivity contribution in [1.82, 2.24) is 29.9 Å². The summed E-state index contributed by atoms with van der Waals surface area (Å²) in [4.78, 5) is 31.0. The molecule has 107 heavy (non-hydrogen) atoms. The molecule has 6 aromatic heterocycles. The van der Waals surface area contributed by atoms with Crippen LogP contribution in [0.3, 0.4) is 0 Å². The van der Waals surface area contributed by atoms with Gasteiger partial charge in [-0.3, -0.25) is 0 Å². The van der Waals surface area contributed by atoms with Crippen LogP contribution in [0.25, 0.3) is 217 Å². The average molecular weight is 1400 g/mol. The Balaban J connectivity index is 0.000000103. The molecular weight excluding hydrogens is 1340 g/mol. The second kappa shape index (κ2) is 25.6. The van der Waals surface area contributed by atoms with Gasteiger partial charge in [0, 0.05) is 101 Å². The zero-order valence-electron chi connectivity index (χ0n) is 57.4. The molecule has 0 fully saturated rings. The summed E-state index contributed by atoms with van der Waals surface area (Å²) >= 11 is 3.71. The molecule has 0 spiro atoms. The molecule has 0 amide bonds. The van der Waals surface area contributed by atoms with E-state index in [9.17, 15) is 0 Å². The number of hydrogen-bond donors (Lipinski definition) is 0. The highest BCUT2D eigenvalue weighted by molar-refractivity contribution is 7.26. The van der Waals surface area contributed by atoms with Crippen LogP contribution in [0, 0.1) is 0 Å². The van der Waals surface area contributed by atoms with Gasteiger partial charge in [-0.05, 0) is 135 Å². The third kappa shape index (κ3) is 10.9. The average Bonchev–Trinajstić information content (AvgIpc) is 1.22. The number of para-hydroxylation sites is 3. The van der Waals surface area contributed by atoms with Gasteiger partial charge in [0.25, 0.3) is 0 Å². The summed E-state index contributed by atoms with van der Waals surface area (Å²) < 4.78 is 11.6. The number of thiophene rings is 2. The predicted molar refractivity (Wildman–Crippen MR) is 452 cm³/mol. The van der Waals surface area contributed by atoms with Crippen LogP contribution >= 0.6 is 22.7 Å². The Hall–Kier alpha value is -13.7. The van der Waals surface area contributed by atoms with Crippen LogP contribution in [0.4, 0.5) is 0 Å². The summed E-state index contributed by atoms with van der Waals surface area (Å²) in [5, 5.41) is 19.2. The predicted octanol–water partition coefficient (Wildman–Crippen LogP) is 27.3. The second-order valence-corrected chi connectivity index (χ2v) is 29.3. The third-order valence-corrected chi connectivity index (χ3v) is 22.9. The molecule has 17 aromatic carbocycles. The van der Waals surface area contributed by atoms with Gasteiger partial charge in [0.1, 0.15) is 11.2 Å². The molecule has 0 atom stereocenters. The first-order chi connectivity index (χ1) is 53.0. The molecule has 7 nitrogen and oxygen atoms in total. The summed E-state index contributed by atoms with van der Waals surface area (Å²) in [6, 6.07) is 123. The normalized spacial score (nSPS) is 11.7. The van der Waals surface area contributed by atoms with Crippen LogP contribution in [-0.2, 0) is 0 Å². The minimum Gasteiger partial charge on any atom is -0.455 e. The van der Waals surface area contributed by atoms with E-state index in [4.69, 9.17) is 34.3 Å². The van der Waals surface area contributed by atoms with Gasteiger partial charge in [0.2, 0.25) is 0 Å². The van der Waals surface area contributed by atoms with Gasteiger partial charge in [0.05, 0.1) is 67.3 Å². The number of fused-ring (bicyclic) bond motifs is 20. The number of benzene rings is 17. The molecule has 0 N–H and O–H groups in total.